The SMILES string of the molecule is C=C(C)CNC(=O)Nc1cc(Nc2c(-c3ncncc3C(=O)OC(C)C)c3ccccc3n2C)c(OC)cc1N1CCOCC1. The van der Waals surface area contributed by atoms with E-state index in [1.807, 2.05) is 54.9 Å². The van der Waals surface area contributed by atoms with Crippen molar-refractivity contribution < 1.29 is 23.8 Å². The number of ether oxygens (including phenoxy) is 3. The van der Waals surface area contributed by atoms with E-state index in [-0.39, 0.29) is 17.7 Å². The van der Waals surface area contributed by atoms with Crippen LogP contribution in [0.3, 0.4) is 0 Å². The van der Waals surface area contributed by atoms with Gasteiger partial charge in [0.25, 0.3) is 0 Å². The van der Waals surface area contributed by atoms with Gasteiger partial charge in [-0.2, -0.15) is 0 Å². The molecule has 2 amide bonds. The number of anilines is 4. The summed E-state index contributed by atoms with van der Waals surface area (Å²) in [6.07, 6.45) is 2.57. The zero-order valence-corrected chi connectivity index (χ0v) is 26.3. The Morgan fingerprint density at radius 2 is 1.89 bits per heavy atom. The fourth-order valence-corrected chi connectivity index (χ4v) is 5.26. The van der Waals surface area contributed by atoms with Crippen LogP contribution >= 0.6 is 0 Å². The Bertz CT molecular complexity index is 1730. The van der Waals surface area contributed by atoms with E-state index >= 15 is 0 Å². The number of hydrogen-bond donors (Lipinski definition) is 3. The summed E-state index contributed by atoms with van der Waals surface area (Å²) < 4.78 is 19.0. The number of amides is 2. The van der Waals surface area contributed by atoms with Gasteiger partial charge in [-0.3, -0.25) is 0 Å². The van der Waals surface area contributed by atoms with E-state index in [9.17, 15) is 9.59 Å². The maximum atomic E-state index is 13.2. The van der Waals surface area contributed by atoms with Crippen LogP contribution in [-0.4, -0.2) is 72.6 Å². The van der Waals surface area contributed by atoms with Crippen molar-refractivity contribution in [3.05, 3.63) is 66.6 Å². The molecule has 0 unspecified atom stereocenters. The van der Waals surface area contributed by atoms with Crippen molar-refractivity contribution in [3.8, 4) is 17.0 Å². The van der Waals surface area contributed by atoms with Gasteiger partial charge in [0.2, 0.25) is 0 Å². The summed E-state index contributed by atoms with van der Waals surface area (Å²) in [6.45, 7) is 12.1. The number of carbonyl (C=O) groups is 2. The molecular weight excluding hydrogens is 574 g/mol. The van der Waals surface area contributed by atoms with Crippen LogP contribution in [0.4, 0.5) is 27.7 Å². The van der Waals surface area contributed by atoms with Crippen LogP contribution in [0.25, 0.3) is 22.2 Å². The van der Waals surface area contributed by atoms with Crippen LogP contribution in [-0.2, 0) is 16.5 Å². The summed E-state index contributed by atoms with van der Waals surface area (Å²) in [5.41, 5.74) is 5.10. The number of para-hydroxylation sites is 1. The maximum Gasteiger partial charge on any atom is 0.342 e. The molecule has 1 fully saturated rings. The van der Waals surface area contributed by atoms with Gasteiger partial charge in [-0.15, -0.1) is 0 Å². The highest BCUT2D eigenvalue weighted by molar-refractivity contribution is 6.08. The number of rotatable bonds is 10. The van der Waals surface area contributed by atoms with Gasteiger partial charge in [-0.05, 0) is 32.9 Å². The molecule has 1 aliphatic rings. The molecule has 2 aromatic carbocycles. The van der Waals surface area contributed by atoms with Gasteiger partial charge >= 0.3 is 12.0 Å². The van der Waals surface area contributed by atoms with Crippen molar-refractivity contribution >= 4 is 45.8 Å². The molecule has 0 saturated carbocycles. The summed E-state index contributed by atoms with van der Waals surface area (Å²) in [6, 6.07) is 11.3. The molecule has 1 aliphatic heterocycles. The number of esters is 1. The topological polar surface area (TPSA) is 132 Å². The van der Waals surface area contributed by atoms with Gasteiger partial charge in [0, 0.05) is 44.3 Å². The third-order valence-electron chi connectivity index (χ3n) is 7.34. The summed E-state index contributed by atoms with van der Waals surface area (Å²) in [5, 5.41) is 10.3. The fraction of sp³-hybridized carbons (Fsp3) is 0.333. The van der Waals surface area contributed by atoms with Gasteiger partial charge < -0.3 is 39.6 Å². The lowest BCUT2D eigenvalue weighted by Crippen LogP contribution is -2.37. The summed E-state index contributed by atoms with van der Waals surface area (Å²) in [4.78, 5) is 37.0. The lowest BCUT2D eigenvalue weighted by atomic mass is 10.0. The second kappa shape index (κ2) is 13.7. The fourth-order valence-electron chi connectivity index (χ4n) is 5.26. The van der Waals surface area contributed by atoms with Gasteiger partial charge in [0.15, 0.2) is 0 Å². The maximum absolute atomic E-state index is 13.2. The number of nitrogens with one attached hydrogen (secondary N) is 3. The molecule has 5 rings (SSSR count). The molecule has 12 heteroatoms. The van der Waals surface area contributed by atoms with Gasteiger partial charge in [0.1, 0.15) is 23.5 Å². The Morgan fingerprint density at radius 3 is 2.60 bits per heavy atom. The van der Waals surface area contributed by atoms with E-state index in [2.05, 4.69) is 37.4 Å². The zero-order chi connectivity index (χ0) is 32.1. The molecule has 236 valence electrons. The number of morpholine rings is 1. The molecular formula is C33H39N7O5. The average molecular weight is 614 g/mol. The highest BCUT2D eigenvalue weighted by Crippen LogP contribution is 2.44. The minimum atomic E-state index is -0.515. The Hall–Kier alpha value is -5.10. The molecule has 0 aliphatic carbocycles. The molecule has 45 heavy (non-hydrogen) atoms. The van der Waals surface area contributed by atoms with Crippen LogP contribution in [0.2, 0.25) is 0 Å². The summed E-state index contributed by atoms with van der Waals surface area (Å²) >= 11 is 0. The standard InChI is InChI=1S/C33H39N7O5/c1-20(2)17-35-33(42)38-24-15-25(28(43-6)16-27(24)40-11-13-44-14-12-40)37-31-29(22-9-7-8-10-26(22)39(31)5)30-23(18-34-19-36-30)32(41)45-21(3)4/h7-10,15-16,18-19,21,37H,1,11-14,17H2,2-6H3,(H2,35,38,42). The first-order valence-corrected chi connectivity index (χ1v) is 14.8. The van der Waals surface area contributed by atoms with Crippen molar-refractivity contribution in [2.45, 2.75) is 26.9 Å². The molecule has 12 nitrogen and oxygen atoms in total. The Kier molecular flexibility index (Phi) is 9.53. The van der Waals surface area contributed by atoms with E-state index in [1.54, 1.807) is 21.0 Å². The van der Waals surface area contributed by atoms with Crippen molar-refractivity contribution in [2.24, 2.45) is 7.05 Å². The Balaban J connectivity index is 1.65. The lowest BCUT2D eigenvalue weighted by molar-refractivity contribution is 0.0378. The second-order valence-corrected chi connectivity index (χ2v) is 11.1. The number of hydrogen-bond acceptors (Lipinski definition) is 9. The van der Waals surface area contributed by atoms with E-state index < -0.39 is 5.97 Å². The summed E-state index contributed by atoms with van der Waals surface area (Å²) in [5.74, 6) is 0.700. The van der Waals surface area contributed by atoms with Crippen molar-refractivity contribution in [1.82, 2.24) is 19.9 Å². The molecule has 0 atom stereocenters. The number of aromatic nitrogens is 3. The molecule has 4 aromatic rings. The van der Waals surface area contributed by atoms with E-state index in [4.69, 9.17) is 14.2 Å². The van der Waals surface area contributed by atoms with Crippen LogP contribution in [0.5, 0.6) is 5.75 Å². The van der Waals surface area contributed by atoms with Crippen LogP contribution in [0, 0.1) is 0 Å². The third-order valence-corrected chi connectivity index (χ3v) is 7.34. The predicted molar refractivity (Wildman–Crippen MR) is 176 cm³/mol. The number of methoxy groups -OCH3 is 1. The minimum Gasteiger partial charge on any atom is -0.494 e. The predicted octanol–water partition coefficient (Wildman–Crippen LogP) is 5.49. The first kappa shape index (κ1) is 31.3. The van der Waals surface area contributed by atoms with E-state index in [0.717, 1.165) is 22.2 Å². The van der Waals surface area contributed by atoms with Gasteiger partial charge in [0.05, 0.1) is 60.3 Å². The molecule has 3 heterocycles. The molecule has 1 saturated heterocycles. The molecule has 0 spiro atoms. The average Bonchev–Trinajstić information content (AvgIpc) is 3.31. The second-order valence-electron chi connectivity index (χ2n) is 11.1. The van der Waals surface area contributed by atoms with Crippen molar-refractivity contribution in [1.29, 1.82) is 0 Å². The van der Waals surface area contributed by atoms with E-state index in [0.29, 0.717) is 67.0 Å². The molecule has 0 bridgehead atoms. The highest BCUT2D eigenvalue weighted by atomic mass is 16.5. The lowest BCUT2D eigenvalue weighted by Gasteiger charge is -2.31. The van der Waals surface area contributed by atoms with Gasteiger partial charge in [-0.1, -0.05) is 30.4 Å². The first-order valence-electron chi connectivity index (χ1n) is 14.8. The number of carbonyl (C=O) groups excluding carboxylic acids is 2. The quantitative estimate of drug-likeness (QED) is 0.157. The Morgan fingerprint density at radius 1 is 1.13 bits per heavy atom. The number of nitrogens with zero attached hydrogens (tertiary/aromatic N) is 4. The van der Waals surface area contributed by atoms with Crippen LogP contribution in [0.1, 0.15) is 31.1 Å². The third kappa shape index (κ3) is 6.86. The first-order chi connectivity index (χ1) is 21.7. The normalized spacial score (nSPS) is 13.1. The number of urea groups is 1. The minimum absolute atomic E-state index is 0.247. The highest BCUT2D eigenvalue weighted by Gasteiger charge is 2.26. The van der Waals surface area contributed by atoms with Crippen LogP contribution in [0.15, 0.2) is 61.1 Å². The molecule has 3 N–H and O–H groups in total. The smallest absolute Gasteiger partial charge is 0.342 e. The van der Waals surface area contributed by atoms with Gasteiger partial charge in [-0.25, -0.2) is 19.6 Å². The number of aryl methyl sites for hydroxylation is 1. The number of benzene rings is 2. The van der Waals surface area contributed by atoms with E-state index in [1.165, 1.54) is 12.5 Å². The molecule has 0 radical (unpaired) electrons. The largest absolute Gasteiger partial charge is 0.494 e. The summed E-state index contributed by atoms with van der Waals surface area (Å²) in [7, 11) is 3.53. The molecule has 2 aromatic heterocycles. The van der Waals surface area contributed by atoms with Crippen LogP contribution < -0.4 is 25.6 Å². The monoisotopic (exact) mass is 613 g/mol. The van der Waals surface area contributed by atoms with Crippen molar-refractivity contribution in [3.63, 3.8) is 0 Å². The number of fused-ring (bicyclic) bond motifs is 1. The van der Waals surface area contributed by atoms with Crippen molar-refractivity contribution in [2.75, 3.05) is 55.5 Å². The zero-order valence-electron chi connectivity index (χ0n) is 26.3. The Labute approximate surface area is 262 Å².